The summed E-state index contributed by atoms with van der Waals surface area (Å²) in [6.45, 7) is 4.61. The van der Waals surface area contributed by atoms with Crippen LogP contribution in [0.15, 0.2) is 39.6 Å². The molecule has 0 N–H and O–H groups in total. The van der Waals surface area contributed by atoms with Crippen molar-refractivity contribution in [2.75, 3.05) is 5.75 Å². The Morgan fingerprint density at radius 3 is 2.67 bits per heavy atom. The highest BCUT2D eigenvalue weighted by atomic mass is 32.2. The van der Waals surface area contributed by atoms with Gasteiger partial charge in [-0.05, 0) is 58.7 Å². The summed E-state index contributed by atoms with van der Waals surface area (Å²) < 4.78 is 33.9. The smallest absolute Gasteiger partial charge is 0.215 e. The van der Waals surface area contributed by atoms with Gasteiger partial charge in [0.15, 0.2) is 0 Å². The van der Waals surface area contributed by atoms with E-state index in [0.717, 1.165) is 12.0 Å². The van der Waals surface area contributed by atoms with Crippen molar-refractivity contribution in [1.29, 1.82) is 0 Å². The normalized spacial score (nSPS) is 26.9. The van der Waals surface area contributed by atoms with Gasteiger partial charge in [0.05, 0.1) is 18.6 Å². The number of hydrogen-bond acceptors (Lipinski definition) is 5. The van der Waals surface area contributed by atoms with Crippen LogP contribution in [0.3, 0.4) is 0 Å². The average molecular weight is 408 g/mol. The molecule has 2 aromatic heterocycles. The van der Waals surface area contributed by atoms with E-state index in [-0.39, 0.29) is 23.5 Å². The number of Topliss-reactive ketones (excluding diaryl/α,β-unsaturated/α-hetero) is 1. The van der Waals surface area contributed by atoms with Crippen molar-refractivity contribution in [3.8, 4) is 0 Å². The topological polar surface area (TPSA) is 67.6 Å². The molecule has 5 nitrogen and oxygen atoms in total. The third-order valence-corrected chi connectivity index (χ3v) is 9.45. The minimum atomic E-state index is -3.65. The summed E-state index contributed by atoms with van der Waals surface area (Å²) in [5, 5.41) is 3.90. The molecule has 2 atom stereocenters. The molecular weight excluding hydrogens is 382 g/mol. The second kappa shape index (κ2) is 6.57. The highest BCUT2D eigenvalue weighted by Crippen LogP contribution is 2.64. The zero-order valence-corrected chi connectivity index (χ0v) is 17.3. The minimum absolute atomic E-state index is 0.104. The molecule has 0 amide bonds. The van der Waals surface area contributed by atoms with E-state index in [9.17, 15) is 13.2 Å². The molecule has 27 heavy (non-hydrogen) atoms. The molecule has 0 aliphatic heterocycles. The Bertz CT molecular complexity index is 879. The number of ketones is 1. The number of carbonyl (C=O) groups excluding carboxylic acids is 1. The lowest BCUT2D eigenvalue weighted by molar-refractivity contribution is -0.128. The number of fused-ring (bicyclic) bond motifs is 2. The van der Waals surface area contributed by atoms with Gasteiger partial charge in [0.25, 0.3) is 0 Å². The van der Waals surface area contributed by atoms with Gasteiger partial charge < -0.3 is 4.42 Å². The van der Waals surface area contributed by atoms with Gasteiger partial charge in [-0.2, -0.15) is 15.6 Å². The maximum absolute atomic E-state index is 13.5. The molecular formula is C20H25NO4S2. The molecule has 2 aliphatic carbocycles. The second-order valence-corrected chi connectivity index (χ2v) is 11.2. The minimum Gasteiger partial charge on any atom is -0.468 e. The maximum atomic E-state index is 13.5. The number of sulfonamides is 1. The maximum Gasteiger partial charge on any atom is 0.215 e. The third-order valence-electron chi connectivity index (χ3n) is 6.81. The molecule has 146 valence electrons. The molecule has 2 aliphatic rings. The van der Waals surface area contributed by atoms with Crippen LogP contribution in [-0.4, -0.2) is 24.3 Å². The van der Waals surface area contributed by atoms with Gasteiger partial charge in [-0.15, -0.1) is 0 Å². The van der Waals surface area contributed by atoms with Crippen molar-refractivity contribution in [3.05, 3.63) is 46.5 Å². The summed E-state index contributed by atoms with van der Waals surface area (Å²) in [6, 6.07) is 5.48. The highest BCUT2D eigenvalue weighted by Gasteiger charge is 2.65. The van der Waals surface area contributed by atoms with Crippen LogP contribution in [0.2, 0.25) is 0 Å². The van der Waals surface area contributed by atoms with Crippen LogP contribution in [0.25, 0.3) is 0 Å². The van der Waals surface area contributed by atoms with Gasteiger partial charge in [-0.3, -0.25) is 4.79 Å². The van der Waals surface area contributed by atoms with Gasteiger partial charge in [0.1, 0.15) is 11.5 Å². The first kappa shape index (κ1) is 18.9. The largest absolute Gasteiger partial charge is 0.468 e. The fraction of sp³-hybridized carbons (Fsp3) is 0.550. The summed E-state index contributed by atoms with van der Waals surface area (Å²) in [6.07, 6.45) is 3.69. The Kier molecular flexibility index (Phi) is 4.60. The first-order valence-electron chi connectivity index (χ1n) is 9.29. The van der Waals surface area contributed by atoms with Crippen LogP contribution in [0.4, 0.5) is 0 Å². The Morgan fingerprint density at radius 2 is 2.11 bits per heavy atom. The third kappa shape index (κ3) is 3.09. The summed E-state index contributed by atoms with van der Waals surface area (Å²) >= 11 is 1.54. The zero-order chi connectivity index (χ0) is 19.3. The average Bonchev–Trinajstić information content (AvgIpc) is 3.35. The van der Waals surface area contributed by atoms with Gasteiger partial charge in [-0.1, -0.05) is 13.8 Å². The van der Waals surface area contributed by atoms with Crippen LogP contribution in [-0.2, 0) is 27.9 Å². The fourth-order valence-electron chi connectivity index (χ4n) is 4.93. The molecule has 0 radical (unpaired) electrons. The molecule has 7 heteroatoms. The summed E-state index contributed by atoms with van der Waals surface area (Å²) in [7, 11) is -3.65. The summed E-state index contributed by atoms with van der Waals surface area (Å²) in [5.74, 6) is 0.928. The fourth-order valence-corrected chi connectivity index (χ4v) is 7.74. The molecule has 2 heterocycles. The number of furan rings is 1. The Morgan fingerprint density at radius 1 is 1.30 bits per heavy atom. The molecule has 2 saturated carbocycles. The van der Waals surface area contributed by atoms with Crippen LogP contribution in [0.1, 0.15) is 44.4 Å². The molecule has 2 bridgehead atoms. The molecule has 0 spiro atoms. The monoisotopic (exact) mass is 407 g/mol. The SMILES string of the molecule is CC1(C)C2CCC1(CS(=O)(=O)N(Cc1ccsc1)Cc1ccco1)C(=O)C2. The first-order valence-corrected chi connectivity index (χ1v) is 11.8. The molecule has 2 fully saturated rings. The number of nitrogens with zero attached hydrogens (tertiary/aromatic N) is 1. The Labute approximate surface area is 164 Å². The van der Waals surface area contributed by atoms with E-state index in [1.54, 1.807) is 29.7 Å². The lowest BCUT2D eigenvalue weighted by atomic mass is 9.70. The van der Waals surface area contributed by atoms with E-state index < -0.39 is 15.4 Å². The predicted octanol–water partition coefficient (Wildman–Crippen LogP) is 4.07. The van der Waals surface area contributed by atoms with E-state index in [1.807, 2.05) is 16.8 Å². The Hall–Kier alpha value is -1.44. The lowest BCUT2D eigenvalue weighted by Gasteiger charge is -2.37. The van der Waals surface area contributed by atoms with E-state index in [2.05, 4.69) is 13.8 Å². The van der Waals surface area contributed by atoms with Gasteiger partial charge in [0, 0.05) is 18.4 Å². The predicted molar refractivity (Wildman–Crippen MR) is 105 cm³/mol. The standard InChI is InChI=1S/C20H25NO4S2/c1-19(2)16-5-7-20(19,18(22)10-16)14-27(23,24)21(11-15-6-9-26-13-15)12-17-4-3-8-25-17/h3-4,6,8-9,13,16H,5,7,10-12,14H2,1-2H3. The van der Waals surface area contributed by atoms with Gasteiger partial charge in [0.2, 0.25) is 10.0 Å². The molecule has 0 aromatic carbocycles. The number of hydrogen-bond donors (Lipinski definition) is 0. The van der Waals surface area contributed by atoms with Crippen molar-refractivity contribution < 1.29 is 17.6 Å². The van der Waals surface area contributed by atoms with Crippen molar-refractivity contribution in [2.24, 2.45) is 16.7 Å². The molecule has 4 rings (SSSR count). The van der Waals surface area contributed by atoms with Crippen LogP contribution in [0.5, 0.6) is 0 Å². The van der Waals surface area contributed by atoms with E-state index in [1.165, 1.54) is 4.31 Å². The molecule has 2 aromatic rings. The number of thiophene rings is 1. The highest BCUT2D eigenvalue weighted by molar-refractivity contribution is 7.89. The van der Waals surface area contributed by atoms with Crippen molar-refractivity contribution in [1.82, 2.24) is 4.31 Å². The van der Waals surface area contributed by atoms with E-state index >= 15 is 0 Å². The summed E-state index contributed by atoms with van der Waals surface area (Å²) in [5.41, 5.74) is -0.0726. The lowest BCUT2D eigenvalue weighted by Crippen LogP contribution is -2.46. The summed E-state index contributed by atoms with van der Waals surface area (Å²) in [4.78, 5) is 12.8. The molecule has 0 saturated heterocycles. The first-order chi connectivity index (χ1) is 12.7. The van der Waals surface area contributed by atoms with E-state index in [0.29, 0.717) is 31.1 Å². The second-order valence-electron chi connectivity index (χ2n) is 8.40. The van der Waals surface area contributed by atoms with Crippen LogP contribution in [0, 0.1) is 16.7 Å². The van der Waals surface area contributed by atoms with Crippen molar-refractivity contribution >= 4 is 27.1 Å². The van der Waals surface area contributed by atoms with Crippen molar-refractivity contribution in [2.45, 2.75) is 46.2 Å². The number of carbonyl (C=O) groups is 1. The van der Waals surface area contributed by atoms with E-state index in [4.69, 9.17) is 4.42 Å². The van der Waals surface area contributed by atoms with Crippen LogP contribution < -0.4 is 0 Å². The van der Waals surface area contributed by atoms with Gasteiger partial charge in [-0.25, -0.2) is 8.42 Å². The quantitative estimate of drug-likeness (QED) is 0.694. The Balaban J connectivity index is 1.65. The number of rotatable bonds is 7. The van der Waals surface area contributed by atoms with Crippen molar-refractivity contribution in [3.63, 3.8) is 0 Å². The van der Waals surface area contributed by atoms with Crippen LogP contribution >= 0.6 is 11.3 Å². The zero-order valence-electron chi connectivity index (χ0n) is 15.7. The van der Waals surface area contributed by atoms with Gasteiger partial charge >= 0.3 is 0 Å². The molecule has 2 unspecified atom stereocenters.